The van der Waals surface area contributed by atoms with Crippen molar-refractivity contribution in [3.05, 3.63) is 35.8 Å². The number of rotatable bonds is 21. The Morgan fingerprint density at radius 3 is 1.77 bits per heavy atom. The first-order valence-electron chi connectivity index (χ1n) is 13.6. The van der Waals surface area contributed by atoms with E-state index in [4.69, 9.17) is 9.47 Å². The highest BCUT2D eigenvalue weighted by Gasteiger charge is 2.31. The fourth-order valence-electron chi connectivity index (χ4n) is 3.60. The highest BCUT2D eigenvalue weighted by molar-refractivity contribution is 5.93. The fourth-order valence-corrected chi connectivity index (χ4v) is 3.60. The standard InChI is InChI=1S/C29H50O6/c1-6-9-11-12-13-14-15-16-17-18-19-20-21-23-27(31)34-26(8-3)25(22-10-7-2)28(32)35-29(5,33)24(4)30/h10,22,30,33H,4,6-9,11-21,23H2,1-3,5H3/b22-10-,26-25-. The van der Waals surface area contributed by atoms with Crippen LogP contribution in [0, 0.1) is 0 Å². The second-order valence-corrected chi connectivity index (χ2v) is 9.29. The lowest BCUT2D eigenvalue weighted by atomic mass is 10.0. The van der Waals surface area contributed by atoms with Crippen molar-refractivity contribution in [3.8, 4) is 0 Å². The summed E-state index contributed by atoms with van der Waals surface area (Å²) in [5, 5.41) is 19.4. The SMILES string of the molecule is C=C(O)C(C)(O)OC(=O)C(/C=C\CC)=C(/CC)OC(=O)CCCCCCCCCCCCCCC. The molecule has 0 spiro atoms. The van der Waals surface area contributed by atoms with Crippen molar-refractivity contribution >= 4 is 11.9 Å². The Hall–Kier alpha value is -2.08. The molecule has 6 nitrogen and oxygen atoms in total. The van der Waals surface area contributed by atoms with E-state index in [9.17, 15) is 19.8 Å². The summed E-state index contributed by atoms with van der Waals surface area (Å²) < 4.78 is 10.5. The number of aliphatic hydroxyl groups excluding tert-OH is 1. The molecule has 0 saturated heterocycles. The third-order valence-electron chi connectivity index (χ3n) is 5.91. The van der Waals surface area contributed by atoms with E-state index in [0.29, 0.717) is 12.8 Å². The molecule has 0 saturated carbocycles. The number of unbranched alkanes of at least 4 members (excludes halogenated alkanes) is 12. The normalized spacial score (nSPS) is 13.9. The van der Waals surface area contributed by atoms with Gasteiger partial charge >= 0.3 is 11.9 Å². The molecule has 1 unspecified atom stereocenters. The molecule has 2 N–H and O–H groups in total. The third kappa shape index (κ3) is 16.3. The summed E-state index contributed by atoms with van der Waals surface area (Å²) in [4.78, 5) is 25.0. The minimum Gasteiger partial charge on any atom is -0.506 e. The summed E-state index contributed by atoms with van der Waals surface area (Å²) >= 11 is 0. The molecule has 0 aromatic carbocycles. The van der Waals surface area contributed by atoms with Gasteiger partial charge in [-0.05, 0) is 18.9 Å². The highest BCUT2D eigenvalue weighted by Crippen LogP contribution is 2.21. The van der Waals surface area contributed by atoms with Gasteiger partial charge in [0.1, 0.15) is 5.76 Å². The lowest BCUT2D eigenvalue weighted by Crippen LogP contribution is -2.34. The Kier molecular flexibility index (Phi) is 18.9. The average molecular weight is 495 g/mol. The topological polar surface area (TPSA) is 93.1 Å². The van der Waals surface area contributed by atoms with Crippen molar-refractivity contribution < 1.29 is 29.3 Å². The summed E-state index contributed by atoms with van der Waals surface area (Å²) in [6.45, 7) is 10.2. The molecule has 0 aliphatic rings. The van der Waals surface area contributed by atoms with Crippen LogP contribution in [-0.4, -0.2) is 27.9 Å². The van der Waals surface area contributed by atoms with E-state index in [2.05, 4.69) is 13.5 Å². The van der Waals surface area contributed by atoms with Gasteiger partial charge < -0.3 is 19.7 Å². The lowest BCUT2D eigenvalue weighted by molar-refractivity contribution is -0.192. The van der Waals surface area contributed by atoms with Crippen LogP contribution in [0.2, 0.25) is 0 Å². The number of carbonyl (C=O) groups is 2. The van der Waals surface area contributed by atoms with Crippen LogP contribution in [0.25, 0.3) is 0 Å². The molecule has 0 aliphatic carbocycles. The molecule has 0 amide bonds. The van der Waals surface area contributed by atoms with E-state index < -0.39 is 23.5 Å². The fraction of sp³-hybridized carbons (Fsp3) is 0.724. The predicted octanol–water partition coefficient (Wildman–Crippen LogP) is 7.96. The Morgan fingerprint density at radius 1 is 0.857 bits per heavy atom. The molecule has 202 valence electrons. The van der Waals surface area contributed by atoms with Gasteiger partial charge in [-0.2, -0.15) is 0 Å². The molecule has 6 heteroatoms. The number of esters is 2. The molecule has 0 aromatic heterocycles. The molecule has 1 atom stereocenters. The summed E-state index contributed by atoms with van der Waals surface area (Å²) in [5.74, 6) is -4.04. The summed E-state index contributed by atoms with van der Waals surface area (Å²) in [6.07, 6.45) is 20.5. The van der Waals surface area contributed by atoms with Crippen molar-refractivity contribution in [2.45, 2.75) is 136 Å². The van der Waals surface area contributed by atoms with Crippen LogP contribution >= 0.6 is 0 Å². The summed E-state index contributed by atoms with van der Waals surface area (Å²) in [5.41, 5.74) is 0.0367. The second kappa shape index (κ2) is 20.1. The summed E-state index contributed by atoms with van der Waals surface area (Å²) in [7, 11) is 0. The quantitative estimate of drug-likeness (QED) is 0.0420. The molecule has 0 aliphatic heterocycles. The van der Waals surface area contributed by atoms with E-state index >= 15 is 0 Å². The Bertz CT molecular complexity index is 675. The van der Waals surface area contributed by atoms with Crippen LogP contribution in [0.5, 0.6) is 0 Å². The smallest absolute Gasteiger partial charge is 0.344 e. The van der Waals surface area contributed by atoms with Gasteiger partial charge in [-0.15, -0.1) is 0 Å². The number of carbonyl (C=O) groups excluding carboxylic acids is 2. The van der Waals surface area contributed by atoms with Crippen molar-refractivity contribution in [1.29, 1.82) is 0 Å². The van der Waals surface area contributed by atoms with Crippen LogP contribution in [0.3, 0.4) is 0 Å². The van der Waals surface area contributed by atoms with Gasteiger partial charge in [0, 0.05) is 19.8 Å². The van der Waals surface area contributed by atoms with Crippen molar-refractivity contribution in [3.63, 3.8) is 0 Å². The number of hydrogen-bond acceptors (Lipinski definition) is 6. The van der Waals surface area contributed by atoms with Crippen LogP contribution < -0.4 is 0 Å². The minimum absolute atomic E-state index is 0.0367. The van der Waals surface area contributed by atoms with Crippen molar-refractivity contribution in [2.24, 2.45) is 0 Å². The first-order chi connectivity index (χ1) is 16.7. The number of hydrogen-bond donors (Lipinski definition) is 2. The van der Waals surface area contributed by atoms with Gasteiger partial charge in [-0.25, -0.2) is 4.79 Å². The van der Waals surface area contributed by atoms with Crippen LogP contribution in [0.1, 0.15) is 130 Å². The Balaban J connectivity index is 4.44. The minimum atomic E-state index is -2.24. The molecule has 0 fully saturated rings. The van der Waals surface area contributed by atoms with Gasteiger partial charge in [0.15, 0.2) is 5.76 Å². The zero-order valence-electron chi connectivity index (χ0n) is 22.7. The van der Waals surface area contributed by atoms with Gasteiger partial charge in [-0.1, -0.05) is 110 Å². The Morgan fingerprint density at radius 2 is 1.34 bits per heavy atom. The number of allylic oxidation sites excluding steroid dienone is 2. The van der Waals surface area contributed by atoms with E-state index in [-0.39, 0.29) is 17.8 Å². The van der Waals surface area contributed by atoms with E-state index in [1.165, 1.54) is 70.3 Å². The largest absolute Gasteiger partial charge is 0.506 e. The monoisotopic (exact) mass is 494 g/mol. The van der Waals surface area contributed by atoms with Gasteiger partial charge in [0.2, 0.25) is 0 Å². The van der Waals surface area contributed by atoms with Gasteiger partial charge in [0.25, 0.3) is 5.79 Å². The Labute approximate surface area is 213 Å². The molecule has 35 heavy (non-hydrogen) atoms. The lowest BCUT2D eigenvalue weighted by Gasteiger charge is -2.22. The van der Waals surface area contributed by atoms with Crippen LogP contribution in [-0.2, 0) is 19.1 Å². The maximum absolute atomic E-state index is 12.6. The van der Waals surface area contributed by atoms with Crippen molar-refractivity contribution in [1.82, 2.24) is 0 Å². The first kappa shape index (κ1) is 32.9. The maximum atomic E-state index is 12.6. The molecule has 0 aromatic rings. The zero-order chi connectivity index (χ0) is 26.5. The van der Waals surface area contributed by atoms with Crippen molar-refractivity contribution in [2.75, 3.05) is 0 Å². The molecular weight excluding hydrogens is 444 g/mol. The maximum Gasteiger partial charge on any atom is 0.344 e. The average Bonchev–Trinajstić information content (AvgIpc) is 2.81. The van der Waals surface area contributed by atoms with Crippen LogP contribution in [0.15, 0.2) is 35.8 Å². The molecule has 0 radical (unpaired) electrons. The van der Waals surface area contributed by atoms with E-state index in [1.54, 1.807) is 13.0 Å². The highest BCUT2D eigenvalue weighted by atomic mass is 16.7. The van der Waals surface area contributed by atoms with E-state index in [0.717, 1.165) is 26.2 Å². The zero-order valence-corrected chi connectivity index (χ0v) is 22.7. The van der Waals surface area contributed by atoms with E-state index in [1.807, 2.05) is 6.92 Å². The van der Waals surface area contributed by atoms with Crippen LogP contribution in [0.4, 0.5) is 0 Å². The second-order valence-electron chi connectivity index (χ2n) is 9.29. The molecular formula is C29H50O6. The molecule has 0 rings (SSSR count). The molecule has 0 bridgehead atoms. The first-order valence-corrected chi connectivity index (χ1v) is 13.6. The molecule has 0 heterocycles. The van der Waals surface area contributed by atoms with Gasteiger partial charge in [-0.3, -0.25) is 4.79 Å². The number of ether oxygens (including phenoxy) is 2. The third-order valence-corrected chi connectivity index (χ3v) is 5.91. The number of aliphatic hydroxyl groups is 2. The predicted molar refractivity (Wildman–Crippen MR) is 142 cm³/mol. The van der Waals surface area contributed by atoms with Gasteiger partial charge in [0.05, 0.1) is 5.57 Å². The summed E-state index contributed by atoms with van der Waals surface area (Å²) in [6, 6.07) is 0.